The van der Waals surface area contributed by atoms with E-state index in [1.807, 2.05) is 0 Å². The van der Waals surface area contributed by atoms with Crippen molar-refractivity contribution in [1.29, 1.82) is 5.26 Å². The number of rotatable bonds is 3. The van der Waals surface area contributed by atoms with Gasteiger partial charge in [0.05, 0.1) is 5.69 Å². The highest BCUT2D eigenvalue weighted by molar-refractivity contribution is 9.10. The van der Waals surface area contributed by atoms with E-state index in [0.29, 0.717) is 11.3 Å². The first kappa shape index (κ1) is 13.5. The first-order valence-electron chi connectivity index (χ1n) is 5.48. The second-order valence-electron chi connectivity index (χ2n) is 3.86. The summed E-state index contributed by atoms with van der Waals surface area (Å²) >= 11 is 3.31. The number of hydrogen-bond donors (Lipinski definition) is 1. The topological polar surface area (TPSA) is 35.8 Å². The molecule has 19 heavy (non-hydrogen) atoms. The van der Waals surface area contributed by atoms with Crippen LogP contribution in [0.15, 0.2) is 40.9 Å². The summed E-state index contributed by atoms with van der Waals surface area (Å²) in [5.74, 6) is -0.925. The summed E-state index contributed by atoms with van der Waals surface area (Å²) in [5.41, 5.74) is 1.03. The van der Waals surface area contributed by atoms with Gasteiger partial charge in [-0.25, -0.2) is 8.78 Å². The third kappa shape index (κ3) is 3.09. The molecule has 0 aliphatic heterocycles. The SMILES string of the molecule is N#Cc1c(F)cccc1NCc1cc(F)ccc1Br. The van der Waals surface area contributed by atoms with Crippen molar-refractivity contribution >= 4 is 21.6 Å². The number of nitrogens with one attached hydrogen (secondary N) is 1. The van der Waals surface area contributed by atoms with Crippen LogP contribution in [0.1, 0.15) is 11.1 Å². The zero-order valence-electron chi connectivity index (χ0n) is 9.75. The molecule has 1 N–H and O–H groups in total. The van der Waals surface area contributed by atoms with Crippen molar-refractivity contribution in [3.63, 3.8) is 0 Å². The normalized spacial score (nSPS) is 10.0. The van der Waals surface area contributed by atoms with Gasteiger partial charge in [0.15, 0.2) is 0 Å². The fourth-order valence-corrected chi connectivity index (χ4v) is 2.04. The predicted molar refractivity (Wildman–Crippen MR) is 72.5 cm³/mol. The van der Waals surface area contributed by atoms with Gasteiger partial charge in [-0.05, 0) is 35.9 Å². The number of nitriles is 1. The van der Waals surface area contributed by atoms with Crippen molar-refractivity contribution in [3.8, 4) is 6.07 Å². The highest BCUT2D eigenvalue weighted by Gasteiger charge is 2.08. The van der Waals surface area contributed by atoms with E-state index >= 15 is 0 Å². The Labute approximate surface area is 117 Å². The predicted octanol–water partition coefficient (Wildman–Crippen LogP) is 4.21. The number of benzene rings is 2. The Balaban J connectivity index is 2.22. The molecule has 0 atom stereocenters. The van der Waals surface area contributed by atoms with Crippen LogP contribution in [-0.4, -0.2) is 0 Å². The van der Waals surface area contributed by atoms with Crippen molar-refractivity contribution in [2.45, 2.75) is 6.54 Å². The second-order valence-corrected chi connectivity index (χ2v) is 4.72. The van der Waals surface area contributed by atoms with Crippen LogP contribution in [-0.2, 0) is 6.54 Å². The van der Waals surface area contributed by atoms with Gasteiger partial charge in [-0.2, -0.15) is 5.26 Å². The number of nitrogens with zero attached hydrogens (tertiary/aromatic N) is 1. The van der Waals surface area contributed by atoms with Crippen molar-refractivity contribution < 1.29 is 8.78 Å². The van der Waals surface area contributed by atoms with Gasteiger partial charge in [0.2, 0.25) is 0 Å². The molecule has 0 bridgehead atoms. The largest absolute Gasteiger partial charge is 0.380 e. The van der Waals surface area contributed by atoms with E-state index in [1.54, 1.807) is 18.2 Å². The van der Waals surface area contributed by atoms with Crippen LogP contribution in [0.3, 0.4) is 0 Å². The molecule has 0 aliphatic rings. The van der Waals surface area contributed by atoms with Crippen LogP contribution in [0, 0.1) is 23.0 Å². The van der Waals surface area contributed by atoms with E-state index in [4.69, 9.17) is 5.26 Å². The lowest BCUT2D eigenvalue weighted by Crippen LogP contribution is -2.03. The lowest BCUT2D eigenvalue weighted by Gasteiger charge is -2.10. The van der Waals surface area contributed by atoms with Gasteiger partial charge in [-0.15, -0.1) is 0 Å². The standard InChI is InChI=1S/C14H9BrF2N2/c15-12-5-4-10(16)6-9(12)8-19-14-3-1-2-13(17)11(14)7-18/h1-6,19H,8H2. The molecule has 0 spiro atoms. The summed E-state index contributed by atoms with van der Waals surface area (Å²) in [6.45, 7) is 0.288. The van der Waals surface area contributed by atoms with Crippen LogP contribution < -0.4 is 5.32 Å². The molecule has 96 valence electrons. The summed E-state index contributed by atoms with van der Waals surface area (Å²) in [7, 11) is 0. The maximum atomic E-state index is 13.4. The molecule has 0 fully saturated rings. The lowest BCUT2D eigenvalue weighted by molar-refractivity contribution is 0.623. The zero-order valence-corrected chi connectivity index (χ0v) is 11.3. The van der Waals surface area contributed by atoms with Gasteiger partial charge in [-0.1, -0.05) is 22.0 Å². The Morgan fingerprint density at radius 2 is 2.00 bits per heavy atom. The molecule has 0 saturated carbocycles. The number of anilines is 1. The molecule has 0 radical (unpaired) electrons. The van der Waals surface area contributed by atoms with Crippen LogP contribution in [0.2, 0.25) is 0 Å². The maximum Gasteiger partial charge on any atom is 0.143 e. The Bertz CT molecular complexity index is 650. The molecule has 0 unspecified atom stereocenters. The molecule has 5 heteroatoms. The quantitative estimate of drug-likeness (QED) is 0.918. The molecular weight excluding hydrogens is 314 g/mol. The van der Waals surface area contributed by atoms with Crippen LogP contribution in [0.25, 0.3) is 0 Å². The van der Waals surface area contributed by atoms with Crippen LogP contribution >= 0.6 is 15.9 Å². The molecule has 2 aromatic carbocycles. The molecule has 0 amide bonds. The molecule has 2 aromatic rings. The van der Waals surface area contributed by atoms with E-state index in [1.165, 1.54) is 24.3 Å². The number of halogens is 3. The first-order valence-corrected chi connectivity index (χ1v) is 6.27. The monoisotopic (exact) mass is 322 g/mol. The van der Waals surface area contributed by atoms with Gasteiger partial charge in [0.25, 0.3) is 0 Å². The summed E-state index contributed by atoms with van der Waals surface area (Å²) in [6.07, 6.45) is 0. The van der Waals surface area contributed by atoms with Crippen molar-refractivity contribution in [1.82, 2.24) is 0 Å². The molecule has 0 aliphatic carbocycles. The summed E-state index contributed by atoms with van der Waals surface area (Å²) in [4.78, 5) is 0. The Hall–Kier alpha value is -1.93. The van der Waals surface area contributed by atoms with Crippen LogP contribution in [0.5, 0.6) is 0 Å². The smallest absolute Gasteiger partial charge is 0.143 e. The summed E-state index contributed by atoms with van der Waals surface area (Å²) in [5, 5.41) is 11.8. The van der Waals surface area contributed by atoms with Gasteiger partial charge in [0.1, 0.15) is 23.3 Å². The minimum atomic E-state index is -0.578. The average molecular weight is 323 g/mol. The molecular formula is C14H9BrF2N2. The lowest BCUT2D eigenvalue weighted by atomic mass is 10.1. The van der Waals surface area contributed by atoms with Crippen molar-refractivity contribution in [3.05, 3.63) is 63.6 Å². The van der Waals surface area contributed by atoms with Gasteiger partial charge < -0.3 is 5.32 Å². The second kappa shape index (κ2) is 5.81. The molecule has 2 nitrogen and oxygen atoms in total. The van der Waals surface area contributed by atoms with Gasteiger partial charge >= 0.3 is 0 Å². The van der Waals surface area contributed by atoms with E-state index in [0.717, 1.165) is 4.47 Å². The van der Waals surface area contributed by atoms with E-state index in [9.17, 15) is 8.78 Å². The first-order chi connectivity index (χ1) is 9.11. The Kier molecular flexibility index (Phi) is 4.13. The molecule has 0 heterocycles. The molecule has 2 rings (SSSR count). The maximum absolute atomic E-state index is 13.4. The third-order valence-corrected chi connectivity index (χ3v) is 3.38. The minimum absolute atomic E-state index is 0.0463. The van der Waals surface area contributed by atoms with E-state index in [-0.39, 0.29) is 17.9 Å². The highest BCUT2D eigenvalue weighted by atomic mass is 79.9. The third-order valence-electron chi connectivity index (χ3n) is 2.60. The van der Waals surface area contributed by atoms with E-state index in [2.05, 4.69) is 21.2 Å². The number of hydrogen-bond acceptors (Lipinski definition) is 2. The average Bonchev–Trinajstić information content (AvgIpc) is 2.40. The van der Waals surface area contributed by atoms with Crippen molar-refractivity contribution in [2.24, 2.45) is 0 Å². The highest BCUT2D eigenvalue weighted by Crippen LogP contribution is 2.22. The van der Waals surface area contributed by atoms with Gasteiger partial charge in [0, 0.05) is 11.0 Å². The van der Waals surface area contributed by atoms with E-state index < -0.39 is 5.82 Å². The van der Waals surface area contributed by atoms with Gasteiger partial charge in [-0.3, -0.25) is 0 Å². The fraction of sp³-hybridized carbons (Fsp3) is 0.0714. The molecule has 0 saturated heterocycles. The Morgan fingerprint density at radius 1 is 1.21 bits per heavy atom. The van der Waals surface area contributed by atoms with Crippen molar-refractivity contribution in [2.75, 3.05) is 5.32 Å². The summed E-state index contributed by atoms with van der Waals surface area (Å²) < 4.78 is 27.3. The summed E-state index contributed by atoms with van der Waals surface area (Å²) in [6, 6.07) is 10.5. The molecule has 0 aromatic heterocycles. The zero-order chi connectivity index (χ0) is 13.8. The fourth-order valence-electron chi connectivity index (χ4n) is 1.65. The van der Waals surface area contributed by atoms with Crippen LogP contribution in [0.4, 0.5) is 14.5 Å². The Morgan fingerprint density at radius 3 is 2.74 bits per heavy atom. The minimum Gasteiger partial charge on any atom is -0.380 e.